The lowest BCUT2D eigenvalue weighted by Crippen LogP contribution is -1.93. The molecule has 0 saturated carbocycles. The molecule has 0 aliphatic heterocycles. The highest BCUT2D eigenvalue weighted by atomic mass is 32.1. The van der Waals surface area contributed by atoms with Crippen molar-refractivity contribution in [3.8, 4) is 11.4 Å². The molecule has 0 radical (unpaired) electrons. The van der Waals surface area contributed by atoms with Crippen molar-refractivity contribution >= 4 is 17.2 Å². The van der Waals surface area contributed by atoms with Crippen LogP contribution in [0.2, 0.25) is 0 Å². The summed E-state index contributed by atoms with van der Waals surface area (Å²) in [6.07, 6.45) is 3.03. The third-order valence-corrected chi connectivity index (χ3v) is 1.98. The van der Waals surface area contributed by atoms with Crippen molar-refractivity contribution in [3.63, 3.8) is 0 Å². The summed E-state index contributed by atoms with van der Waals surface area (Å²) >= 11 is 1.38. The molecule has 0 atom stereocenters. The van der Waals surface area contributed by atoms with E-state index in [2.05, 4.69) is 14.3 Å². The Labute approximate surface area is 73.3 Å². The second-order valence-corrected chi connectivity index (χ2v) is 2.88. The fourth-order valence-corrected chi connectivity index (χ4v) is 1.40. The van der Waals surface area contributed by atoms with Gasteiger partial charge in [-0.05, 0) is 17.6 Å². The molecule has 2 heterocycles. The quantitative estimate of drug-likeness (QED) is 0.712. The van der Waals surface area contributed by atoms with E-state index in [1.807, 2.05) is 11.4 Å². The number of anilines is 1. The molecule has 0 amide bonds. The molecule has 2 rings (SSSR count). The zero-order valence-electron chi connectivity index (χ0n) is 6.14. The minimum absolute atomic E-state index is 0.559. The van der Waals surface area contributed by atoms with Crippen molar-refractivity contribution in [1.82, 2.24) is 14.3 Å². The molecule has 0 aliphatic carbocycles. The third-order valence-electron chi connectivity index (χ3n) is 1.42. The standard InChI is InChI=1S/C7H6N4S/c8-5-3-9-4-10-7(5)6-1-2-12-11-6/h1-4H,8H2. The average molecular weight is 178 g/mol. The van der Waals surface area contributed by atoms with Crippen LogP contribution in [0.5, 0.6) is 0 Å². The predicted octanol–water partition coefficient (Wildman–Crippen LogP) is 1.18. The highest BCUT2D eigenvalue weighted by Crippen LogP contribution is 2.20. The highest BCUT2D eigenvalue weighted by molar-refractivity contribution is 7.03. The Kier molecular flexibility index (Phi) is 1.71. The molecule has 0 spiro atoms. The first-order valence-corrected chi connectivity index (χ1v) is 4.18. The number of hydrogen-bond acceptors (Lipinski definition) is 5. The van der Waals surface area contributed by atoms with Crippen molar-refractivity contribution in [1.29, 1.82) is 0 Å². The molecular weight excluding hydrogens is 172 g/mol. The fourth-order valence-electron chi connectivity index (χ4n) is 0.889. The van der Waals surface area contributed by atoms with Crippen LogP contribution >= 0.6 is 11.5 Å². The Morgan fingerprint density at radius 2 is 2.33 bits per heavy atom. The number of rotatable bonds is 1. The van der Waals surface area contributed by atoms with Gasteiger partial charge in [-0.25, -0.2) is 9.97 Å². The number of nitrogen functional groups attached to an aromatic ring is 1. The van der Waals surface area contributed by atoms with Crippen molar-refractivity contribution in [3.05, 3.63) is 24.0 Å². The number of hydrogen-bond donors (Lipinski definition) is 1. The van der Waals surface area contributed by atoms with Crippen molar-refractivity contribution in [2.24, 2.45) is 0 Å². The summed E-state index contributed by atoms with van der Waals surface area (Å²) in [5, 5.41) is 1.89. The molecule has 0 fully saturated rings. The Hall–Kier alpha value is -1.49. The largest absolute Gasteiger partial charge is 0.396 e. The van der Waals surface area contributed by atoms with Gasteiger partial charge < -0.3 is 5.73 Å². The van der Waals surface area contributed by atoms with Crippen LogP contribution in [0, 0.1) is 0 Å². The minimum atomic E-state index is 0.559. The Morgan fingerprint density at radius 1 is 1.42 bits per heavy atom. The Balaban J connectivity index is 2.55. The molecule has 4 nitrogen and oxygen atoms in total. The van der Waals surface area contributed by atoms with Crippen LogP contribution in [-0.4, -0.2) is 14.3 Å². The zero-order valence-corrected chi connectivity index (χ0v) is 6.95. The molecule has 2 aromatic heterocycles. The van der Waals surface area contributed by atoms with Gasteiger partial charge in [0, 0.05) is 5.38 Å². The molecule has 0 aliphatic rings. The van der Waals surface area contributed by atoms with Crippen molar-refractivity contribution < 1.29 is 0 Å². The minimum Gasteiger partial charge on any atom is -0.396 e. The van der Waals surface area contributed by atoms with E-state index in [4.69, 9.17) is 5.73 Å². The van der Waals surface area contributed by atoms with E-state index in [1.165, 1.54) is 17.9 Å². The van der Waals surface area contributed by atoms with E-state index in [1.54, 1.807) is 6.20 Å². The van der Waals surface area contributed by atoms with Gasteiger partial charge >= 0.3 is 0 Å². The SMILES string of the molecule is Nc1cncnc1-c1ccsn1. The first-order chi connectivity index (χ1) is 5.88. The molecule has 0 bridgehead atoms. The van der Waals surface area contributed by atoms with Crippen LogP contribution in [-0.2, 0) is 0 Å². The Morgan fingerprint density at radius 3 is 3.00 bits per heavy atom. The smallest absolute Gasteiger partial charge is 0.116 e. The van der Waals surface area contributed by atoms with E-state index in [0.717, 1.165) is 5.69 Å². The molecule has 2 N–H and O–H groups in total. The second-order valence-electron chi connectivity index (χ2n) is 2.21. The lowest BCUT2D eigenvalue weighted by molar-refractivity contribution is 1.17. The fraction of sp³-hybridized carbons (Fsp3) is 0. The van der Waals surface area contributed by atoms with Gasteiger partial charge in [-0.3, -0.25) is 0 Å². The van der Waals surface area contributed by atoms with Crippen molar-refractivity contribution in [2.45, 2.75) is 0 Å². The lowest BCUT2D eigenvalue weighted by Gasteiger charge is -1.97. The van der Waals surface area contributed by atoms with E-state index in [-0.39, 0.29) is 0 Å². The molecular formula is C7H6N4S. The van der Waals surface area contributed by atoms with Gasteiger partial charge in [0.2, 0.25) is 0 Å². The molecule has 0 aromatic carbocycles. The van der Waals surface area contributed by atoms with Crippen LogP contribution in [0.25, 0.3) is 11.4 Å². The third kappa shape index (κ3) is 1.14. The lowest BCUT2D eigenvalue weighted by atomic mass is 10.3. The molecule has 0 unspecified atom stereocenters. The monoisotopic (exact) mass is 178 g/mol. The highest BCUT2D eigenvalue weighted by Gasteiger charge is 2.04. The summed E-state index contributed by atoms with van der Waals surface area (Å²) in [5.74, 6) is 0. The van der Waals surface area contributed by atoms with Gasteiger partial charge in [-0.15, -0.1) is 0 Å². The number of nitrogens with two attached hydrogens (primary N) is 1. The van der Waals surface area contributed by atoms with E-state index in [9.17, 15) is 0 Å². The van der Waals surface area contributed by atoms with Gasteiger partial charge in [0.1, 0.15) is 17.7 Å². The summed E-state index contributed by atoms with van der Waals surface area (Å²) in [6, 6.07) is 1.88. The summed E-state index contributed by atoms with van der Waals surface area (Å²) in [7, 11) is 0. The molecule has 0 saturated heterocycles. The maximum atomic E-state index is 5.65. The average Bonchev–Trinajstić information content (AvgIpc) is 2.57. The van der Waals surface area contributed by atoms with Crippen LogP contribution < -0.4 is 5.73 Å². The molecule has 5 heteroatoms. The van der Waals surface area contributed by atoms with Crippen LogP contribution in [0.4, 0.5) is 5.69 Å². The van der Waals surface area contributed by atoms with Crippen LogP contribution in [0.3, 0.4) is 0 Å². The summed E-state index contributed by atoms with van der Waals surface area (Å²) in [6.45, 7) is 0. The van der Waals surface area contributed by atoms with Gasteiger partial charge in [-0.2, -0.15) is 4.37 Å². The van der Waals surface area contributed by atoms with E-state index < -0.39 is 0 Å². The topological polar surface area (TPSA) is 64.7 Å². The maximum Gasteiger partial charge on any atom is 0.116 e. The Bertz CT molecular complexity index is 371. The molecule has 60 valence electrons. The molecule has 2 aromatic rings. The first-order valence-electron chi connectivity index (χ1n) is 3.34. The predicted molar refractivity (Wildman–Crippen MR) is 47.6 cm³/mol. The van der Waals surface area contributed by atoms with E-state index in [0.29, 0.717) is 11.4 Å². The summed E-state index contributed by atoms with van der Waals surface area (Å²) < 4.78 is 4.12. The normalized spacial score (nSPS) is 10.0. The van der Waals surface area contributed by atoms with E-state index >= 15 is 0 Å². The summed E-state index contributed by atoms with van der Waals surface area (Å²) in [5.41, 5.74) is 7.72. The first kappa shape index (κ1) is 7.17. The van der Waals surface area contributed by atoms with Gasteiger partial charge in [-0.1, -0.05) is 0 Å². The van der Waals surface area contributed by atoms with Gasteiger partial charge in [0.05, 0.1) is 11.9 Å². The van der Waals surface area contributed by atoms with Gasteiger partial charge in [0.25, 0.3) is 0 Å². The maximum absolute atomic E-state index is 5.65. The van der Waals surface area contributed by atoms with Crippen LogP contribution in [0.15, 0.2) is 24.0 Å². The van der Waals surface area contributed by atoms with Crippen LogP contribution in [0.1, 0.15) is 0 Å². The zero-order chi connectivity index (χ0) is 8.39. The second kappa shape index (κ2) is 2.86. The molecule has 12 heavy (non-hydrogen) atoms. The van der Waals surface area contributed by atoms with Gasteiger partial charge in [0.15, 0.2) is 0 Å². The number of aromatic nitrogens is 3. The summed E-state index contributed by atoms with van der Waals surface area (Å²) in [4.78, 5) is 7.82. The van der Waals surface area contributed by atoms with Crippen molar-refractivity contribution in [2.75, 3.05) is 5.73 Å². The number of nitrogens with zero attached hydrogens (tertiary/aromatic N) is 3.